The van der Waals surface area contributed by atoms with Gasteiger partial charge in [-0.3, -0.25) is 9.59 Å². The van der Waals surface area contributed by atoms with Crippen molar-refractivity contribution in [2.45, 2.75) is 20.3 Å². The molecule has 0 bridgehead atoms. The molecule has 1 rings (SSSR count). The Morgan fingerprint density at radius 3 is 2.56 bits per heavy atom. The predicted molar refractivity (Wildman–Crippen MR) is 63.8 cm³/mol. The van der Waals surface area contributed by atoms with Gasteiger partial charge in [0.15, 0.2) is 0 Å². The molecular formula is C12H14F2N2O2. The summed E-state index contributed by atoms with van der Waals surface area (Å²) in [5.41, 5.74) is 1.13. The van der Waals surface area contributed by atoms with Crippen LogP contribution in [0.1, 0.15) is 22.8 Å². The van der Waals surface area contributed by atoms with Crippen LogP contribution >= 0.6 is 0 Å². The first kappa shape index (κ1) is 14.1. The lowest BCUT2D eigenvalue weighted by molar-refractivity contribution is -0.126. The van der Waals surface area contributed by atoms with Crippen molar-refractivity contribution < 1.29 is 18.4 Å². The molecule has 0 aliphatic carbocycles. The maximum absolute atomic E-state index is 12.1. The molecular weight excluding hydrogens is 242 g/mol. The Bertz CT molecular complexity index is 461. The SMILES string of the molecule is CCNC(=O)c1ccc(C)c(NC(=O)C(F)F)c1. The molecule has 2 N–H and O–H groups in total. The summed E-state index contributed by atoms with van der Waals surface area (Å²) >= 11 is 0. The van der Waals surface area contributed by atoms with E-state index in [0.29, 0.717) is 17.7 Å². The van der Waals surface area contributed by atoms with Crippen molar-refractivity contribution in [3.8, 4) is 0 Å². The van der Waals surface area contributed by atoms with Crippen LogP contribution in [0.25, 0.3) is 0 Å². The topological polar surface area (TPSA) is 58.2 Å². The highest BCUT2D eigenvalue weighted by Gasteiger charge is 2.16. The van der Waals surface area contributed by atoms with Crippen molar-refractivity contribution in [3.05, 3.63) is 29.3 Å². The van der Waals surface area contributed by atoms with Crippen molar-refractivity contribution in [3.63, 3.8) is 0 Å². The van der Waals surface area contributed by atoms with Gasteiger partial charge in [-0.15, -0.1) is 0 Å². The molecule has 0 radical (unpaired) electrons. The summed E-state index contributed by atoms with van der Waals surface area (Å²) in [6.45, 7) is 3.89. The first-order valence-electron chi connectivity index (χ1n) is 5.43. The molecule has 18 heavy (non-hydrogen) atoms. The van der Waals surface area contributed by atoms with E-state index in [0.717, 1.165) is 0 Å². The van der Waals surface area contributed by atoms with Crippen LogP contribution in [0.15, 0.2) is 18.2 Å². The number of benzene rings is 1. The van der Waals surface area contributed by atoms with E-state index in [9.17, 15) is 18.4 Å². The van der Waals surface area contributed by atoms with E-state index >= 15 is 0 Å². The smallest absolute Gasteiger partial charge is 0.315 e. The van der Waals surface area contributed by atoms with Crippen LogP contribution in [0.2, 0.25) is 0 Å². The number of halogens is 2. The molecule has 6 heteroatoms. The Morgan fingerprint density at radius 1 is 1.33 bits per heavy atom. The Balaban J connectivity index is 2.94. The predicted octanol–water partition coefficient (Wildman–Crippen LogP) is 1.95. The molecule has 2 amide bonds. The van der Waals surface area contributed by atoms with Crippen molar-refractivity contribution in [2.24, 2.45) is 0 Å². The van der Waals surface area contributed by atoms with Crippen LogP contribution in [-0.2, 0) is 4.79 Å². The van der Waals surface area contributed by atoms with E-state index in [1.54, 1.807) is 26.0 Å². The largest absolute Gasteiger partial charge is 0.352 e. The van der Waals surface area contributed by atoms with Gasteiger partial charge < -0.3 is 10.6 Å². The zero-order chi connectivity index (χ0) is 13.7. The molecule has 0 fully saturated rings. The highest BCUT2D eigenvalue weighted by Crippen LogP contribution is 2.17. The Morgan fingerprint density at radius 2 is 2.00 bits per heavy atom. The molecule has 0 spiro atoms. The van der Waals surface area contributed by atoms with Crippen LogP contribution in [0.3, 0.4) is 0 Å². The van der Waals surface area contributed by atoms with Crippen molar-refractivity contribution in [1.82, 2.24) is 5.32 Å². The Hall–Kier alpha value is -1.98. The van der Waals surface area contributed by atoms with Crippen molar-refractivity contribution in [2.75, 3.05) is 11.9 Å². The van der Waals surface area contributed by atoms with E-state index in [2.05, 4.69) is 10.6 Å². The summed E-state index contributed by atoms with van der Waals surface area (Å²) in [5, 5.41) is 4.66. The minimum absolute atomic E-state index is 0.212. The standard InChI is InChI=1S/C12H14F2N2O2/c1-3-15-11(17)8-5-4-7(2)9(6-8)16-12(18)10(13)14/h4-6,10H,3H2,1-2H3,(H,15,17)(H,16,18). The number of carbonyl (C=O) groups is 2. The van der Waals surface area contributed by atoms with Gasteiger partial charge in [-0.2, -0.15) is 8.78 Å². The van der Waals surface area contributed by atoms with Crippen LogP contribution < -0.4 is 10.6 Å². The zero-order valence-electron chi connectivity index (χ0n) is 10.1. The molecule has 1 aromatic carbocycles. The minimum Gasteiger partial charge on any atom is -0.352 e. The van der Waals surface area contributed by atoms with E-state index < -0.39 is 12.3 Å². The lowest BCUT2D eigenvalue weighted by Gasteiger charge is -2.10. The maximum atomic E-state index is 12.1. The molecule has 0 aliphatic heterocycles. The van der Waals surface area contributed by atoms with Gasteiger partial charge in [0.25, 0.3) is 11.8 Å². The number of anilines is 1. The molecule has 98 valence electrons. The number of hydrogen-bond acceptors (Lipinski definition) is 2. The third-order valence-corrected chi connectivity index (χ3v) is 2.29. The number of aryl methyl sites for hydroxylation is 1. The van der Waals surface area contributed by atoms with E-state index in [4.69, 9.17) is 0 Å². The highest BCUT2D eigenvalue weighted by molar-refractivity contribution is 5.98. The van der Waals surface area contributed by atoms with Gasteiger partial charge >= 0.3 is 6.43 Å². The molecule has 0 aliphatic rings. The first-order valence-corrected chi connectivity index (χ1v) is 5.43. The summed E-state index contributed by atoms with van der Waals surface area (Å²) in [6.07, 6.45) is -3.09. The Kier molecular flexibility index (Phi) is 4.76. The number of hydrogen-bond donors (Lipinski definition) is 2. The summed E-state index contributed by atoms with van der Waals surface area (Å²) in [5.74, 6) is -1.70. The van der Waals surface area contributed by atoms with Crippen LogP contribution in [0.4, 0.5) is 14.5 Å². The van der Waals surface area contributed by atoms with Gasteiger partial charge in [0.2, 0.25) is 0 Å². The molecule has 0 saturated heterocycles. The van der Waals surface area contributed by atoms with Gasteiger partial charge in [-0.05, 0) is 31.5 Å². The second-order valence-electron chi connectivity index (χ2n) is 3.68. The molecule has 0 unspecified atom stereocenters. The van der Waals surface area contributed by atoms with E-state index in [1.807, 2.05) is 0 Å². The Labute approximate surface area is 103 Å². The number of rotatable bonds is 4. The monoisotopic (exact) mass is 256 g/mol. The highest BCUT2D eigenvalue weighted by atomic mass is 19.3. The average molecular weight is 256 g/mol. The van der Waals surface area contributed by atoms with E-state index in [1.165, 1.54) is 6.07 Å². The average Bonchev–Trinajstić information content (AvgIpc) is 2.31. The van der Waals surface area contributed by atoms with Crippen LogP contribution in [-0.4, -0.2) is 24.8 Å². The number of amides is 2. The normalized spacial score (nSPS) is 10.3. The maximum Gasteiger partial charge on any atom is 0.315 e. The number of alkyl halides is 2. The quantitative estimate of drug-likeness (QED) is 0.865. The fraction of sp³-hybridized carbons (Fsp3) is 0.333. The van der Waals surface area contributed by atoms with Gasteiger partial charge in [-0.25, -0.2) is 0 Å². The van der Waals surface area contributed by atoms with Gasteiger partial charge in [0, 0.05) is 17.8 Å². The first-order chi connectivity index (χ1) is 8.45. The molecule has 4 nitrogen and oxygen atoms in total. The van der Waals surface area contributed by atoms with Crippen LogP contribution in [0.5, 0.6) is 0 Å². The fourth-order valence-corrected chi connectivity index (χ4v) is 1.35. The fourth-order valence-electron chi connectivity index (χ4n) is 1.35. The van der Waals surface area contributed by atoms with Crippen molar-refractivity contribution in [1.29, 1.82) is 0 Å². The van der Waals surface area contributed by atoms with Crippen molar-refractivity contribution >= 4 is 17.5 Å². The van der Waals surface area contributed by atoms with Crippen LogP contribution in [0, 0.1) is 6.92 Å². The third kappa shape index (κ3) is 3.51. The minimum atomic E-state index is -3.09. The third-order valence-electron chi connectivity index (χ3n) is 2.29. The summed E-state index contributed by atoms with van der Waals surface area (Å²) in [6, 6.07) is 4.53. The van der Waals surface area contributed by atoms with Gasteiger partial charge in [0.1, 0.15) is 0 Å². The number of carbonyl (C=O) groups excluding carboxylic acids is 2. The van der Waals surface area contributed by atoms with Gasteiger partial charge in [0.05, 0.1) is 0 Å². The molecule has 0 saturated carbocycles. The van der Waals surface area contributed by atoms with E-state index in [-0.39, 0.29) is 11.6 Å². The lowest BCUT2D eigenvalue weighted by atomic mass is 10.1. The molecule has 1 aromatic rings. The molecule has 0 heterocycles. The summed E-state index contributed by atoms with van der Waals surface area (Å²) in [7, 11) is 0. The number of nitrogens with one attached hydrogen (secondary N) is 2. The summed E-state index contributed by atoms with van der Waals surface area (Å²) < 4.78 is 24.3. The van der Waals surface area contributed by atoms with Gasteiger partial charge in [-0.1, -0.05) is 6.07 Å². The lowest BCUT2D eigenvalue weighted by Crippen LogP contribution is -2.24. The molecule has 0 atom stereocenters. The zero-order valence-corrected chi connectivity index (χ0v) is 10.1. The second kappa shape index (κ2) is 6.09. The second-order valence-corrected chi connectivity index (χ2v) is 3.68. The summed E-state index contributed by atoms with van der Waals surface area (Å²) in [4.78, 5) is 22.5. The molecule has 0 aromatic heterocycles.